The van der Waals surface area contributed by atoms with Crippen molar-refractivity contribution < 1.29 is 4.79 Å². The van der Waals surface area contributed by atoms with Crippen LogP contribution in [0.3, 0.4) is 0 Å². The van der Waals surface area contributed by atoms with Crippen LogP contribution < -0.4 is 5.32 Å². The summed E-state index contributed by atoms with van der Waals surface area (Å²) in [5, 5.41) is 7.51. The van der Waals surface area contributed by atoms with Crippen LogP contribution in [0.15, 0.2) is 72.1 Å². The van der Waals surface area contributed by atoms with Gasteiger partial charge in [-0.1, -0.05) is 18.2 Å². The number of anilines is 1. The van der Waals surface area contributed by atoms with Gasteiger partial charge in [-0.2, -0.15) is 5.10 Å². The fourth-order valence-electron chi connectivity index (χ4n) is 4.29. The third-order valence-corrected chi connectivity index (χ3v) is 5.85. The first kappa shape index (κ1) is 20.0. The number of aromatic nitrogens is 6. The minimum atomic E-state index is -0.138. The lowest BCUT2D eigenvalue weighted by atomic mass is 10.1. The SMILES string of the molecule is Cc1nc2cnccc2n1-c1ccc(C2=Nc3c(-c4ccccn4)nn(C)c3NC(=O)C2)cc1. The maximum Gasteiger partial charge on any atom is 0.231 e. The molecular weight excluding hydrogens is 428 g/mol. The fourth-order valence-corrected chi connectivity index (χ4v) is 4.29. The lowest BCUT2D eigenvalue weighted by Crippen LogP contribution is -2.17. The van der Waals surface area contributed by atoms with Gasteiger partial charge in [0.1, 0.15) is 22.7 Å². The summed E-state index contributed by atoms with van der Waals surface area (Å²) in [6.45, 7) is 1.97. The average molecular weight is 448 g/mol. The molecule has 1 N–H and O–H groups in total. The lowest BCUT2D eigenvalue weighted by molar-refractivity contribution is -0.115. The highest BCUT2D eigenvalue weighted by molar-refractivity contribution is 6.17. The molecule has 0 saturated heterocycles. The standard InChI is InChI=1S/C25H20N8O/c1-15-28-20-14-26-12-10-21(20)33(15)17-8-6-16(7-9-17)19-13-22(34)30-25-24(29-19)23(31-32(25)2)18-5-3-4-11-27-18/h3-12,14H,13H2,1-2H3,(H,30,34). The second kappa shape index (κ2) is 7.73. The second-order valence-corrected chi connectivity index (χ2v) is 8.07. The summed E-state index contributed by atoms with van der Waals surface area (Å²) >= 11 is 0. The fraction of sp³-hybridized carbons (Fsp3) is 0.120. The van der Waals surface area contributed by atoms with Gasteiger partial charge in [0, 0.05) is 25.1 Å². The highest BCUT2D eigenvalue weighted by Crippen LogP contribution is 2.37. The van der Waals surface area contributed by atoms with Gasteiger partial charge in [0.25, 0.3) is 0 Å². The second-order valence-electron chi connectivity index (χ2n) is 8.07. The van der Waals surface area contributed by atoms with Crippen molar-refractivity contribution in [3.8, 4) is 17.1 Å². The first-order valence-corrected chi connectivity index (χ1v) is 10.8. The van der Waals surface area contributed by atoms with Gasteiger partial charge in [0.15, 0.2) is 5.82 Å². The van der Waals surface area contributed by atoms with Gasteiger partial charge in [-0.15, -0.1) is 0 Å². The van der Waals surface area contributed by atoms with Gasteiger partial charge in [0.05, 0.1) is 29.5 Å². The lowest BCUT2D eigenvalue weighted by Gasteiger charge is -2.09. The van der Waals surface area contributed by atoms with Crippen LogP contribution in [-0.2, 0) is 11.8 Å². The van der Waals surface area contributed by atoms with Crippen LogP contribution in [0.5, 0.6) is 0 Å². The highest BCUT2D eigenvalue weighted by atomic mass is 16.1. The van der Waals surface area contributed by atoms with Crippen molar-refractivity contribution in [3.05, 3.63) is 78.5 Å². The van der Waals surface area contributed by atoms with Gasteiger partial charge in [-0.25, -0.2) is 14.7 Å². The molecule has 0 saturated carbocycles. The molecule has 0 spiro atoms. The molecular formula is C25H20N8O. The number of hydrogen-bond donors (Lipinski definition) is 1. The average Bonchev–Trinajstić information content (AvgIpc) is 3.28. The molecule has 0 radical (unpaired) electrons. The number of nitrogens with zero attached hydrogens (tertiary/aromatic N) is 7. The highest BCUT2D eigenvalue weighted by Gasteiger charge is 2.25. The molecule has 6 rings (SSSR count). The topological polar surface area (TPSA) is 103 Å². The first-order chi connectivity index (χ1) is 16.6. The predicted molar refractivity (Wildman–Crippen MR) is 129 cm³/mol. The molecule has 0 atom stereocenters. The summed E-state index contributed by atoms with van der Waals surface area (Å²) < 4.78 is 3.72. The van der Waals surface area contributed by atoms with E-state index in [2.05, 4.69) is 29.9 Å². The zero-order chi connectivity index (χ0) is 23.2. The summed E-state index contributed by atoms with van der Waals surface area (Å²) in [7, 11) is 1.79. The van der Waals surface area contributed by atoms with Crippen molar-refractivity contribution in [2.24, 2.45) is 12.0 Å². The largest absolute Gasteiger partial charge is 0.309 e. The van der Waals surface area contributed by atoms with E-state index in [-0.39, 0.29) is 12.3 Å². The van der Waals surface area contributed by atoms with E-state index in [1.54, 1.807) is 30.3 Å². The van der Waals surface area contributed by atoms with E-state index in [4.69, 9.17) is 4.99 Å². The number of nitrogens with one attached hydrogen (secondary N) is 1. The van der Waals surface area contributed by atoms with Crippen molar-refractivity contribution in [1.82, 2.24) is 29.3 Å². The number of aliphatic imine (C=N–C) groups is 1. The zero-order valence-electron chi connectivity index (χ0n) is 18.6. The minimum absolute atomic E-state index is 0.138. The molecule has 0 aliphatic carbocycles. The Kier molecular flexibility index (Phi) is 4.54. The van der Waals surface area contributed by atoms with Crippen LogP contribution in [0.4, 0.5) is 11.5 Å². The van der Waals surface area contributed by atoms with E-state index in [0.29, 0.717) is 28.6 Å². The van der Waals surface area contributed by atoms with E-state index in [0.717, 1.165) is 28.1 Å². The third kappa shape index (κ3) is 3.25. The summed E-state index contributed by atoms with van der Waals surface area (Å²) in [5.41, 5.74) is 6.29. The Balaban J connectivity index is 1.44. The van der Waals surface area contributed by atoms with Crippen LogP contribution in [0.1, 0.15) is 17.8 Å². The van der Waals surface area contributed by atoms with E-state index < -0.39 is 0 Å². The van der Waals surface area contributed by atoms with Gasteiger partial charge in [0.2, 0.25) is 5.91 Å². The summed E-state index contributed by atoms with van der Waals surface area (Å²) in [5.74, 6) is 1.30. The molecule has 1 aromatic carbocycles. The number of hydrogen-bond acceptors (Lipinski definition) is 6. The number of benzene rings is 1. The first-order valence-electron chi connectivity index (χ1n) is 10.8. The van der Waals surface area contributed by atoms with Crippen molar-refractivity contribution in [2.75, 3.05) is 5.32 Å². The predicted octanol–water partition coefficient (Wildman–Crippen LogP) is 3.99. The molecule has 0 unspecified atom stereocenters. The zero-order valence-corrected chi connectivity index (χ0v) is 18.6. The Labute approximate surface area is 194 Å². The Hall–Kier alpha value is -4.66. The quantitative estimate of drug-likeness (QED) is 0.450. The molecule has 34 heavy (non-hydrogen) atoms. The molecule has 0 bridgehead atoms. The minimum Gasteiger partial charge on any atom is -0.309 e. The van der Waals surface area contributed by atoms with Crippen LogP contribution in [0.25, 0.3) is 28.1 Å². The van der Waals surface area contributed by atoms with E-state index in [1.165, 1.54) is 0 Å². The molecule has 1 aliphatic heterocycles. The van der Waals surface area contributed by atoms with Crippen LogP contribution in [0, 0.1) is 6.92 Å². The van der Waals surface area contributed by atoms with Gasteiger partial charge >= 0.3 is 0 Å². The molecule has 5 heterocycles. The Morgan fingerprint density at radius 3 is 2.68 bits per heavy atom. The van der Waals surface area contributed by atoms with Crippen molar-refractivity contribution >= 4 is 34.2 Å². The van der Waals surface area contributed by atoms with E-state index in [1.807, 2.05) is 55.5 Å². The van der Waals surface area contributed by atoms with E-state index >= 15 is 0 Å². The molecule has 0 fully saturated rings. The molecule has 166 valence electrons. The number of carbonyl (C=O) groups excluding carboxylic acids is 1. The maximum absolute atomic E-state index is 12.7. The third-order valence-electron chi connectivity index (χ3n) is 5.85. The monoisotopic (exact) mass is 448 g/mol. The number of carbonyl (C=O) groups is 1. The Bertz CT molecular complexity index is 1580. The summed E-state index contributed by atoms with van der Waals surface area (Å²) in [6, 6.07) is 15.6. The van der Waals surface area contributed by atoms with Gasteiger partial charge < -0.3 is 5.32 Å². The molecule has 5 aromatic rings. The van der Waals surface area contributed by atoms with Crippen molar-refractivity contribution in [3.63, 3.8) is 0 Å². The molecule has 9 nitrogen and oxygen atoms in total. The Morgan fingerprint density at radius 2 is 1.88 bits per heavy atom. The number of rotatable bonds is 3. The smallest absolute Gasteiger partial charge is 0.231 e. The normalized spacial score (nSPS) is 13.4. The van der Waals surface area contributed by atoms with Crippen LogP contribution in [-0.4, -0.2) is 40.9 Å². The number of fused-ring (bicyclic) bond motifs is 2. The molecule has 9 heteroatoms. The van der Waals surface area contributed by atoms with Crippen LogP contribution >= 0.6 is 0 Å². The molecule has 4 aromatic heterocycles. The maximum atomic E-state index is 12.7. The Morgan fingerprint density at radius 1 is 1.03 bits per heavy atom. The summed E-state index contributed by atoms with van der Waals surface area (Å²) in [6.07, 6.45) is 5.40. The van der Waals surface area contributed by atoms with Gasteiger partial charge in [-0.05, 0) is 42.8 Å². The molecule has 1 amide bonds. The molecule has 1 aliphatic rings. The van der Waals surface area contributed by atoms with E-state index in [9.17, 15) is 4.79 Å². The van der Waals surface area contributed by atoms with Crippen molar-refractivity contribution in [1.29, 1.82) is 0 Å². The van der Waals surface area contributed by atoms with Gasteiger partial charge in [-0.3, -0.25) is 19.3 Å². The number of aryl methyl sites for hydroxylation is 2. The number of imidazole rings is 1. The number of amides is 1. The van der Waals surface area contributed by atoms with Crippen molar-refractivity contribution in [2.45, 2.75) is 13.3 Å². The number of pyridine rings is 2. The van der Waals surface area contributed by atoms with Crippen LogP contribution in [0.2, 0.25) is 0 Å². The summed E-state index contributed by atoms with van der Waals surface area (Å²) in [4.78, 5) is 30.8.